The Bertz CT molecular complexity index is 1550. The molecule has 0 aliphatic rings. The molecule has 0 radical (unpaired) electrons. The van der Waals surface area contributed by atoms with E-state index in [0.29, 0.717) is 5.95 Å². The van der Waals surface area contributed by atoms with Gasteiger partial charge in [0.05, 0.1) is 22.4 Å². The number of thiol groups is 1. The molecule has 0 spiro atoms. The summed E-state index contributed by atoms with van der Waals surface area (Å²) in [5, 5.41) is 2.37. The SMILES string of the molecule is SNc1cccc(-c2cc(-c3ccccc3)nc(-n3c4ccccc4c4ccccc43)n2)c1. The van der Waals surface area contributed by atoms with Crippen LogP contribution in [-0.2, 0) is 0 Å². The van der Waals surface area contributed by atoms with Crippen molar-refractivity contribution in [1.29, 1.82) is 0 Å². The number of nitrogens with zero attached hydrogens (tertiary/aromatic N) is 3. The molecule has 2 heterocycles. The lowest BCUT2D eigenvalue weighted by Gasteiger charge is -2.12. The van der Waals surface area contributed by atoms with Crippen molar-refractivity contribution in [3.05, 3.63) is 109 Å². The average Bonchev–Trinajstić information content (AvgIpc) is 3.23. The molecule has 0 aliphatic carbocycles. The van der Waals surface area contributed by atoms with Crippen LogP contribution in [0, 0.1) is 0 Å². The van der Waals surface area contributed by atoms with Crippen LogP contribution < -0.4 is 4.72 Å². The monoisotopic (exact) mass is 444 g/mol. The molecule has 2 aromatic heterocycles. The lowest BCUT2D eigenvalue weighted by molar-refractivity contribution is 0.995. The second-order valence-electron chi connectivity index (χ2n) is 7.87. The van der Waals surface area contributed by atoms with Crippen LogP contribution in [0.2, 0.25) is 0 Å². The first kappa shape index (κ1) is 19.6. The molecule has 4 aromatic carbocycles. The van der Waals surface area contributed by atoms with Gasteiger partial charge in [0.2, 0.25) is 5.95 Å². The van der Waals surface area contributed by atoms with Crippen molar-refractivity contribution in [3.8, 4) is 28.5 Å². The maximum absolute atomic E-state index is 5.05. The predicted molar refractivity (Wildman–Crippen MR) is 140 cm³/mol. The van der Waals surface area contributed by atoms with E-state index in [0.717, 1.165) is 39.2 Å². The van der Waals surface area contributed by atoms with E-state index in [1.165, 1.54) is 10.8 Å². The topological polar surface area (TPSA) is 42.7 Å². The fraction of sp³-hybridized carbons (Fsp3) is 0. The van der Waals surface area contributed by atoms with Gasteiger partial charge in [0, 0.05) is 27.6 Å². The van der Waals surface area contributed by atoms with E-state index in [1.807, 2.05) is 42.5 Å². The van der Waals surface area contributed by atoms with Gasteiger partial charge in [-0.05, 0) is 30.3 Å². The molecule has 33 heavy (non-hydrogen) atoms. The molecule has 6 aromatic rings. The predicted octanol–water partition coefficient (Wildman–Crippen LogP) is 7.16. The number of anilines is 1. The third-order valence-corrected chi connectivity index (χ3v) is 6.11. The van der Waals surface area contributed by atoms with Crippen LogP contribution in [0.4, 0.5) is 5.69 Å². The maximum atomic E-state index is 5.05. The van der Waals surface area contributed by atoms with Crippen molar-refractivity contribution < 1.29 is 0 Å². The van der Waals surface area contributed by atoms with E-state index in [4.69, 9.17) is 9.97 Å². The molecule has 0 atom stereocenters. The largest absolute Gasteiger partial charge is 0.332 e. The number of hydrogen-bond acceptors (Lipinski definition) is 4. The zero-order chi connectivity index (χ0) is 22.2. The normalized spacial score (nSPS) is 11.2. The molecule has 5 heteroatoms. The number of fused-ring (bicyclic) bond motifs is 3. The fourth-order valence-corrected chi connectivity index (χ4v) is 4.46. The van der Waals surface area contributed by atoms with Crippen LogP contribution >= 0.6 is 12.8 Å². The summed E-state index contributed by atoms with van der Waals surface area (Å²) in [6.45, 7) is 0. The highest BCUT2D eigenvalue weighted by Gasteiger charge is 2.16. The Morgan fingerprint density at radius 1 is 0.576 bits per heavy atom. The first-order chi connectivity index (χ1) is 16.3. The molecule has 0 saturated carbocycles. The summed E-state index contributed by atoms with van der Waals surface area (Å²) in [6.07, 6.45) is 0. The number of aromatic nitrogens is 3. The van der Waals surface area contributed by atoms with Crippen molar-refractivity contribution in [2.75, 3.05) is 4.72 Å². The van der Waals surface area contributed by atoms with Gasteiger partial charge >= 0.3 is 0 Å². The molecule has 6 rings (SSSR count). The van der Waals surface area contributed by atoms with Crippen LogP contribution in [0.1, 0.15) is 0 Å². The number of para-hydroxylation sites is 2. The van der Waals surface area contributed by atoms with Gasteiger partial charge in [-0.3, -0.25) is 4.57 Å². The summed E-state index contributed by atoms with van der Waals surface area (Å²) in [5.74, 6) is 0.646. The first-order valence-electron chi connectivity index (χ1n) is 10.8. The fourth-order valence-electron chi connectivity index (χ4n) is 4.33. The molecule has 0 fully saturated rings. The summed E-state index contributed by atoms with van der Waals surface area (Å²) in [5.41, 5.74) is 6.85. The molecular formula is C28H20N4S. The van der Waals surface area contributed by atoms with Gasteiger partial charge in [0.25, 0.3) is 0 Å². The molecule has 158 valence electrons. The smallest absolute Gasteiger partial charge is 0.235 e. The van der Waals surface area contributed by atoms with Crippen LogP contribution in [-0.4, -0.2) is 14.5 Å². The molecule has 0 saturated heterocycles. The Balaban J connectivity index is 1.67. The maximum Gasteiger partial charge on any atom is 0.235 e. The molecule has 4 nitrogen and oxygen atoms in total. The third-order valence-electron chi connectivity index (χ3n) is 5.85. The Hall–Kier alpha value is -4.09. The number of hydrogen-bond donors (Lipinski definition) is 2. The Morgan fingerprint density at radius 3 is 1.82 bits per heavy atom. The number of rotatable bonds is 4. The van der Waals surface area contributed by atoms with Gasteiger partial charge in [0.1, 0.15) is 0 Å². The summed E-state index contributed by atoms with van der Waals surface area (Å²) in [7, 11) is 0. The highest BCUT2D eigenvalue weighted by Crippen LogP contribution is 2.33. The van der Waals surface area contributed by atoms with Gasteiger partial charge < -0.3 is 4.72 Å². The van der Waals surface area contributed by atoms with Crippen molar-refractivity contribution in [1.82, 2.24) is 14.5 Å². The van der Waals surface area contributed by atoms with Gasteiger partial charge in [-0.15, -0.1) is 0 Å². The zero-order valence-electron chi connectivity index (χ0n) is 17.7. The van der Waals surface area contributed by atoms with Crippen LogP contribution in [0.3, 0.4) is 0 Å². The van der Waals surface area contributed by atoms with Gasteiger partial charge in [0.15, 0.2) is 0 Å². The highest BCUT2D eigenvalue weighted by atomic mass is 32.1. The molecule has 1 N–H and O–H groups in total. The molecule has 0 bridgehead atoms. The Kier molecular flexibility index (Phi) is 4.82. The van der Waals surface area contributed by atoms with Crippen LogP contribution in [0.25, 0.3) is 50.3 Å². The quantitative estimate of drug-likeness (QED) is 0.283. The molecule has 0 aliphatic heterocycles. The van der Waals surface area contributed by atoms with Crippen molar-refractivity contribution in [3.63, 3.8) is 0 Å². The summed E-state index contributed by atoms with van der Waals surface area (Å²) in [6, 6.07) is 37.2. The Morgan fingerprint density at radius 2 is 1.15 bits per heavy atom. The van der Waals surface area contributed by atoms with E-state index in [-0.39, 0.29) is 0 Å². The van der Waals surface area contributed by atoms with Crippen molar-refractivity contribution in [2.45, 2.75) is 0 Å². The van der Waals surface area contributed by atoms with E-state index in [2.05, 4.69) is 88.8 Å². The first-order valence-corrected chi connectivity index (χ1v) is 11.2. The van der Waals surface area contributed by atoms with Crippen molar-refractivity contribution in [2.24, 2.45) is 0 Å². The van der Waals surface area contributed by atoms with Gasteiger partial charge in [-0.2, -0.15) is 0 Å². The van der Waals surface area contributed by atoms with Crippen molar-refractivity contribution >= 4 is 40.3 Å². The zero-order valence-corrected chi connectivity index (χ0v) is 18.6. The second kappa shape index (κ2) is 8.11. The van der Waals surface area contributed by atoms with Gasteiger partial charge in [-0.25, -0.2) is 9.97 Å². The minimum Gasteiger partial charge on any atom is -0.332 e. The lowest BCUT2D eigenvalue weighted by Crippen LogP contribution is -2.04. The minimum atomic E-state index is 0.646. The van der Waals surface area contributed by atoms with E-state index < -0.39 is 0 Å². The van der Waals surface area contributed by atoms with E-state index in [1.54, 1.807) is 0 Å². The van der Waals surface area contributed by atoms with Crippen LogP contribution in [0.15, 0.2) is 109 Å². The number of benzene rings is 4. The average molecular weight is 445 g/mol. The molecule has 0 unspecified atom stereocenters. The third kappa shape index (κ3) is 3.43. The number of nitrogens with one attached hydrogen (secondary N) is 1. The summed E-state index contributed by atoms with van der Waals surface area (Å²) in [4.78, 5) is 10.1. The minimum absolute atomic E-state index is 0.646. The van der Waals surface area contributed by atoms with Crippen LogP contribution in [0.5, 0.6) is 0 Å². The van der Waals surface area contributed by atoms with E-state index in [9.17, 15) is 0 Å². The Labute approximate surface area is 197 Å². The standard InChI is InChI=1S/C28H20N4S/c33-31-21-12-8-11-20(17-21)25-18-24(19-9-2-1-3-10-19)29-28(30-25)32-26-15-6-4-13-22(26)23-14-5-7-16-27(23)32/h1-18,31,33H. The summed E-state index contributed by atoms with van der Waals surface area (Å²) >= 11 is 4.21. The van der Waals surface area contributed by atoms with Gasteiger partial charge in [-0.1, -0.05) is 91.7 Å². The second-order valence-corrected chi connectivity index (χ2v) is 8.09. The summed E-state index contributed by atoms with van der Waals surface area (Å²) < 4.78 is 5.07. The van der Waals surface area contributed by atoms with E-state index >= 15 is 0 Å². The molecular weight excluding hydrogens is 424 g/mol. The molecule has 0 amide bonds. The highest BCUT2D eigenvalue weighted by molar-refractivity contribution is 7.81. The lowest BCUT2D eigenvalue weighted by atomic mass is 10.1.